The summed E-state index contributed by atoms with van der Waals surface area (Å²) in [5.41, 5.74) is 3.15. The zero-order valence-electron chi connectivity index (χ0n) is 11.7. The van der Waals surface area contributed by atoms with Gasteiger partial charge in [0.25, 0.3) is 0 Å². The van der Waals surface area contributed by atoms with Crippen molar-refractivity contribution in [2.24, 2.45) is 0 Å². The van der Waals surface area contributed by atoms with E-state index in [1.165, 1.54) is 25.0 Å². The average Bonchev–Trinajstić information content (AvgIpc) is 2.75. The first-order valence-corrected chi connectivity index (χ1v) is 7.08. The summed E-state index contributed by atoms with van der Waals surface area (Å²) >= 11 is 0. The third-order valence-electron chi connectivity index (χ3n) is 3.99. The molecule has 2 aromatic rings. The lowest BCUT2D eigenvalue weighted by molar-refractivity contribution is 0.0697. The predicted molar refractivity (Wildman–Crippen MR) is 76.0 cm³/mol. The number of aromatic carboxylic acids is 1. The Labute approximate surface area is 117 Å². The lowest BCUT2D eigenvalue weighted by atomic mass is 10.1. The topological polar surface area (TPSA) is 57.8 Å². The van der Waals surface area contributed by atoms with Crippen molar-refractivity contribution in [2.45, 2.75) is 32.7 Å². The molecule has 1 N–H and O–H groups in total. The molecule has 0 spiro atoms. The number of aromatic nitrogens is 2. The van der Waals surface area contributed by atoms with Crippen LogP contribution in [0.3, 0.4) is 0 Å². The van der Waals surface area contributed by atoms with Gasteiger partial charge >= 0.3 is 5.97 Å². The smallest absolute Gasteiger partial charge is 0.335 e. The first kappa shape index (κ1) is 13.1. The molecule has 3 rings (SSSR count). The first-order valence-electron chi connectivity index (χ1n) is 7.08. The Morgan fingerprint density at radius 1 is 1.35 bits per heavy atom. The van der Waals surface area contributed by atoms with Crippen molar-refractivity contribution in [1.29, 1.82) is 0 Å². The number of carbonyl (C=O) groups is 1. The summed E-state index contributed by atoms with van der Waals surface area (Å²) in [5, 5.41) is 9.04. The molecule has 0 saturated carbocycles. The Morgan fingerprint density at radius 2 is 2.10 bits per heavy atom. The Bertz CT molecular complexity index is 642. The number of piperidine rings is 1. The number of carboxylic acids is 1. The van der Waals surface area contributed by atoms with Crippen molar-refractivity contribution >= 4 is 11.6 Å². The molecule has 2 aromatic heterocycles. The zero-order chi connectivity index (χ0) is 14.1. The number of pyridine rings is 1. The molecule has 0 aliphatic carbocycles. The van der Waals surface area contributed by atoms with E-state index >= 15 is 0 Å². The van der Waals surface area contributed by atoms with Gasteiger partial charge in [-0.3, -0.25) is 4.90 Å². The van der Waals surface area contributed by atoms with E-state index in [-0.39, 0.29) is 5.56 Å². The maximum atomic E-state index is 11.0. The monoisotopic (exact) mass is 273 g/mol. The minimum Gasteiger partial charge on any atom is -0.478 e. The van der Waals surface area contributed by atoms with Crippen LogP contribution in [0.5, 0.6) is 0 Å². The third-order valence-corrected chi connectivity index (χ3v) is 3.99. The van der Waals surface area contributed by atoms with Crippen LogP contribution in [0.1, 0.15) is 41.0 Å². The van der Waals surface area contributed by atoms with E-state index in [0.29, 0.717) is 0 Å². The minimum absolute atomic E-state index is 0.284. The van der Waals surface area contributed by atoms with Gasteiger partial charge < -0.3 is 9.51 Å². The Balaban J connectivity index is 1.93. The molecule has 1 fully saturated rings. The molecule has 0 unspecified atom stereocenters. The van der Waals surface area contributed by atoms with Gasteiger partial charge in [-0.15, -0.1) is 0 Å². The summed E-state index contributed by atoms with van der Waals surface area (Å²) < 4.78 is 2.01. The van der Waals surface area contributed by atoms with Crippen LogP contribution >= 0.6 is 0 Å². The summed E-state index contributed by atoms with van der Waals surface area (Å²) in [6.07, 6.45) is 5.67. The van der Waals surface area contributed by atoms with Crippen LogP contribution in [0.2, 0.25) is 0 Å². The molecule has 0 bridgehead atoms. The molecule has 20 heavy (non-hydrogen) atoms. The number of aryl methyl sites for hydroxylation is 1. The molecule has 106 valence electrons. The van der Waals surface area contributed by atoms with Crippen molar-refractivity contribution in [3.8, 4) is 0 Å². The van der Waals surface area contributed by atoms with Crippen LogP contribution in [0, 0.1) is 6.92 Å². The quantitative estimate of drug-likeness (QED) is 0.932. The summed E-state index contributed by atoms with van der Waals surface area (Å²) in [6.45, 7) is 5.16. The highest BCUT2D eigenvalue weighted by Crippen LogP contribution is 2.18. The van der Waals surface area contributed by atoms with E-state index in [2.05, 4.69) is 9.88 Å². The van der Waals surface area contributed by atoms with E-state index in [4.69, 9.17) is 5.11 Å². The van der Waals surface area contributed by atoms with Gasteiger partial charge in [0.2, 0.25) is 0 Å². The maximum absolute atomic E-state index is 11.0. The zero-order valence-corrected chi connectivity index (χ0v) is 11.7. The van der Waals surface area contributed by atoms with Crippen molar-refractivity contribution in [3.63, 3.8) is 0 Å². The molecule has 5 heteroatoms. The summed E-state index contributed by atoms with van der Waals surface area (Å²) in [6, 6.07) is 3.27. The van der Waals surface area contributed by atoms with Crippen LogP contribution in [0.25, 0.3) is 5.65 Å². The highest BCUT2D eigenvalue weighted by Gasteiger charge is 2.16. The maximum Gasteiger partial charge on any atom is 0.335 e. The SMILES string of the molecule is Cc1nc2cc(C(=O)O)ccn2c1CN1CCCCC1. The Hall–Kier alpha value is -1.88. The van der Waals surface area contributed by atoms with Gasteiger partial charge in [-0.05, 0) is 45.0 Å². The van der Waals surface area contributed by atoms with Gasteiger partial charge in [0.05, 0.1) is 17.0 Å². The van der Waals surface area contributed by atoms with Gasteiger partial charge in [-0.2, -0.15) is 0 Å². The van der Waals surface area contributed by atoms with E-state index < -0.39 is 5.97 Å². The average molecular weight is 273 g/mol. The molecule has 1 aliphatic rings. The fourth-order valence-electron chi connectivity index (χ4n) is 2.87. The lowest BCUT2D eigenvalue weighted by Crippen LogP contribution is -2.29. The van der Waals surface area contributed by atoms with Gasteiger partial charge in [0, 0.05) is 12.7 Å². The molecule has 0 amide bonds. The van der Waals surface area contributed by atoms with Gasteiger partial charge in [-0.1, -0.05) is 6.42 Å². The van der Waals surface area contributed by atoms with Crippen LogP contribution < -0.4 is 0 Å². The van der Waals surface area contributed by atoms with Crippen molar-refractivity contribution in [1.82, 2.24) is 14.3 Å². The van der Waals surface area contributed by atoms with E-state index in [1.54, 1.807) is 12.1 Å². The largest absolute Gasteiger partial charge is 0.478 e. The molecule has 0 aromatic carbocycles. The number of imidazole rings is 1. The molecule has 1 aliphatic heterocycles. The van der Waals surface area contributed by atoms with E-state index in [9.17, 15) is 4.79 Å². The van der Waals surface area contributed by atoms with Gasteiger partial charge in [0.15, 0.2) is 0 Å². The highest BCUT2D eigenvalue weighted by atomic mass is 16.4. The van der Waals surface area contributed by atoms with E-state index in [1.807, 2.05) is 17.5 Å². The van der Waals surface area contributed by atoms with Crippen LogP contribution in [0.4, 0.5) is 0 Å². The molecule has 3 heterocycles. The number of hydrogen-bond donors (Lipinski definition) is 1. The molecular weight excluding hydrogens is 254 g/mol. The number of rotatable bonds is 3. The first-order chi connectivity index (χ1) is 9.65. The molecule has 0 radical (unpaired) electrons. The Kier molecular flexibility index (Phi) is 3.44. The van der Waals surface area contributed by atoms with Gasteiger partial charge in [0.1, 0.15) is 5.65 Å². The van der Waals surface area contributed by atoms with Gasteiger partial charge in [-0.25, -0.2) is 9.78 Å². The predicted octanol–water partition coefficient (Wildman–Crippen LogP) is 2.33. The fraction of sp³-hybridized carbons (Fsp3) is 0.467. The van der Waals surface area contributed by atoms with Crippen molar-refractivity contribution in [2.75, 3.05) is 13.1 Å². The summed E-state index contributed by atoms with van der Waals surface area (Å²) in [4.78, 5) is 18.0. The third kappa shape index (κ3) is 2.41. The summed E-state index contributed by atoms with van der Waals surface area (Å²) in [5.74, 6) is -0.911. The van der Waals surface area contributed by atoms with Crippen molar-refractivity contribution in [3.05, 3.63) is 35.3 Å². The standard InChI is InChI=1S/C15H19N3O2/c1-11-13(10-17-6-3-2-4-7-17)18-8-5-12(15(19)20)9-14(18)16-11/h5,8-9H,2-4,6-7,10H2,1H3,(H,19,20). The number of likely N-dealkylation sites (tertiary alicyclic amines) is 1. The van der Waals surface area contributed by atoms with Crippen molar-refractivity contribution < 1.29 is 9.90 Å². The lowest BCUT2D eigenvalue weighted by Gasteiger charge is -2.26. The second-order valence-corrected chi connectivity index (χ2v) is 5.43. The number of nitrogens with zero attached hydrogens (tertiary/aromatic N) is 3. The number of carboxylic acid groups (broad SMARTS) is 1. The molecule has 5 nitrogen and oxygen atoms in total. The molecular formula is C15H19N3O2. The minimum atomic E-state index is -0.911. The molecule has 0 atom stereocenters. The normalized spacial score (nSPS) is 16.6. The fourth-order valence-corrected chi connectivity index (χ4v) is 2.87. The highest BCUT2D eigenvalue weighted by molar-refractivity contribution is 5.88. The molecule has 1 saturated heterocycles. The summed E-state index contributed by atoms with van der Waals surface area (Å²) in [7, 11) is 0. The number of hydrogen-bond acceptors (Lipinski definition) is 3. The second-order valence-electron chi connectivity index (χ2n) is 5.43. The second kappa shape index (κ2) is 5.25. The van der Waals surface area contributed by atoms with Crippen LogP contribution in [-0.2, 0) is 6.54 Å². The number of fused-ring (bicyclic) bond motifs is 1. The van der Waals surface area contributed by atoms with Crippen LogP contribution in [0.15, 0.2) is 18.3 Å². The van der Waals surface area contributed by atoms with Crippen LogP contribution in [-0.4, -0.2) is 38.4 Å². The van der Waals surface area contributed by atoms with E-state index in [0.717, 1.165) is 31.0 Å². The Morgan fingerprint density at radius 3 is 2.80 bits per heavy atom.